The van der Waals surface area contributed by atoms with Crippen LogP contribution in [0.1, 0.15) is 22.0 Å². The first-order valence-corrected chi connectivity index (χ1v) is 6.06. The molecule has 108 valence electrons. The van der Waals surface area contributed by atoms with Crippen molar-refractivity contribution in [1.29, 1.82) is 0 Å². The summed E-state index contributed by atoms with van der Waals surface area (Å²) in [7, 11) is 0. The molecule has 3 N–H and O–H groups in total. The van der Waals surface area contributed by atoms with Crippen LogP contribution in [0.5, 0.6) is 5.75 Å². The topological polar surface area (TPSA) is 86.6 Å². The van der Waals surface area contributed by atoms with Crippen molar-refractivity contribution < 1.29 is 24.2 Å². The fraction of sp³-hybridized carbons (Fsp3) is 0.0667. The SMILES string of the molecule is O=C(NC(C(=O)O)c1ccccc1)c1ccc(F)cc1O. The number of carboxylic acids is 1. The zero-order valence-corrected chi connectivity index (χ0v) is 10.8. The summed E-state index contributed by atoms with van der Waals surface area (Å²) < 4.78 is 12.9. The molecule has 0 aromatic heterocycles. The van der Waals surface area contributed by atoms with Gasteiger partial charge in [0.15, 0.2) is 6.04 Å². The van der Waals surface area contributed by atoms with E-state index in [1.54, 1.807) is 30.3 Å². The van der Waals surface area contributed by atoms with E-state index in [0.717, 1.165) is 18.2 Å². The fourth-order valence-corrected chi connectivity index (χ4v) is 1.84. The Hall–Kier alpha value is -2.89. The molecule has 0 saturated heterocycles. The highest BCUT2D eigenvalue weighted by atomic mass is 19.1. The number of hydrogen-bond donors (Lipinski definition) is 3. The highest BCUT2D eigenvalue weighted by Crippen LogP contribution is 2.20. The van der Waals surface area contributed by atoms with E-state index in [0.29, 0.717) is 5.56 Å². The van der Waals surface area contributed by atoms with Gasteiger partial charge in [0, 0.05) is 6.07 Å². The van der Waals surface area contributed by atoms with Gasteiger partial charge in [-0.1, -0.05) is 30.3 Å². The molecular weight excluding hydrogens is 277 g/mol. The van der Waals surface area contributed by atoms with Crippen LogP contribution in [0.4, 0.5) is 4.39 Å². The van der Waals surface area contributed by atoms with Crippen molar-refractivity contribution in [2.45, 2.75) is 6.04 Å². The van der Waals surface area contributed by atoms with Gasteiger partial charge >= 0.3 is 5.97 Å². The van der Waals surface area contributed by atoms with E-state index in [4.69, 9.17) is 0 Å². The first kappa shape index (κ1) is 14.5. The molecule has 0 bridgehead atoms. The number of aliphatic carboxylic acids is 1. The number of phenolic OH excluding ortho intramolecular Hbond substituents is 1. The third-order valence-electron chi connectivity index (χ3n) is 2.86. The lowest BCUT2D eigenvalue weighted by Gasteiger charge is -2.15. The molecule has 0 aliphatic heterocycles. The molecule has 0 saturated carbocycles. The summed E-state index contributed by atoms with van der Waals surface area (Å²) in [5.41, 5.74) is 0.193. The molecule has 2 rings (SSSR count). The quantitative estimate of drug-likeness (QED) is 0.804. The molecule has 1 atom stereocenters. The molecule has 0 aliphatic rings. The number of carbonyl (C=O) groups excluding carboxylic acids is 1. The van der Waals surface area contributed by atoms with Crippen molar-refractivity contribution in [3.8, 4) is 5.75 Å². The van der Waals surface area contributed by atoms with Crippen LogP contribution in [-0.4, -0.2) is 22.1 Å². The molecule has 0 spiro atoms. The second-order valence-corrected chi connectivity index (χ2v) is 4.32. The monoisotopic (exact) mass is 289 g/mol. The van der Waals surface area contributed by atoms with Crippen molar-refractivity contribution in [2.75, 3.05) is 0 Å². The zero-order valence-electron chi connectivity index (χ0n) is 10.8. The number of phenols is 1. The minimum Gasteiger partial charge on any atom is -0.507 e. The minimum absolute atomic E-state index is 0.196. The Labute approximate surface area is 119 Å². The van der Waals surface area contributed by atoms with Crippen LogP contribution < -0.4 is 5.32 Å². The summed E-state index contributed by atoms with van der Waals surface area (Å²) in [6, 6.07) is 9.75. The van der Waals surface area contributed by atoms with Crippen LogP contribution in [-0.2, 0) is 4.79 Å². The average molecular weight is 289 g/mol. The van der Waals surface area contributed by atoms with Gasteiger partial charge in [0.2, 0.25) is 0 Å². The highest BCUT2D eigenvalue weighted by molar-refractivity contribution is 5.99. The Morgan fingerprint density at radius 3 is 2.33 bits per heavy atom. The summed E-state index contributed by atoms with van der Waals surface area (Å²) in [5.74, 6) is -3.29. The van der Waals surface area contributed by atoms with Crippen LogP contribution >= 0.6 is 0 Å². The Morgan fingerprint density at radius 1 is 1.10 bits per heavy atom. The number of halogens is 1. The maximum absolute atomic E-state index is 12.9. The van der Waals surface area contributed by atoms with E-state index in [9.17, 15) is 24.2 Å². The first-order valence-electron chi connectivity index (χ1n) is 6.06. The van der Waals surface area contributed by atoms with E-state index >= 15 is 0 Å². The Bertz CT molecular complexity index is 673. The maximum atomic E-state index is 12.9. The lowest BCUT2D eigenvalue weighted by molar-refractivity contribution is -0.139. The molecule has 0 fully saturated rings. The average Bonchev–Trinajstić information content (AvgIpc) is 2.45. The molecule has 1 amide bonds. The number of nitrogens with one attached hydrogen (secondary N) is 1. The first-order chi connectivity index (χ1) is 9.99. The molecule has 1 unspecified atom stereocenters. The summed E-state index contributed by atoms with van der Waals surface area (Å²) in [6.07, 6.45) is 0. The second kappa shape index (κ2) is 6.04. The van der Waals surface area contributed by atoms with E-state index in [2.05, 4.69) is 5.32 Å². The molecule has 21 heavy (non-hydrogen) atoms. The molecule has 2 aromatic carbocycles. The van der Waals surface area contributed by atoms with Crippen molar-refractivity contribution in [3.63, 3.8) is 0 Å². The number of amides is 1. The van der Waals surface area contributed by atoms with Crippen molar-refractivity contribution in [3.05, 3.63) is 65.5 Å². The van der Waals surface area contributed by atoms with Crippen LogP contribution in [0.15, 0.2) is 48.5 Å². The Balaban J connectivity index is 2.25. The number of hydrogen-bond acceptors (Lipinski definition) is 3. The van der Waals surface area contributed by atoms with E-state index < -0.39 is 29.5 Å². The molecule has 0 radical (unpaired) electrons. The lowest BCUT2D eigenvalue weighted by Crippen LogP contribution is -2.33. The largest absolute Gasteiger partial charge is 0.507 e. The standard InChI is InChI=1S/C15H12FNO4/c16-10-6-7-11(12(18)8-10)14(19)17-13(15(20)21)9-4-2-1-3-5-9/h1-8,13,18H,(H,17,19)(H,20,21). The van der Waals surface area contributed by atoms with E-state index in [-0.39, 0.29) is 5.56 Å². The second-order valence-electron chi connectivity index (χ2n) is 4.32. The van der Waals surface area contributed by atoms with Gasteiger partial charge in [0.1, 0.15) is 11.6 Å². The molecule has 0 heterocycles. The fourth-order valence-electron chi connectivity index (χ4n) is 1.84. The molecule has 0 aliphatic carbocycles. The summed E-state index contributed by atoms with van der Waals surface area (Å²) in [4.78, 5) is 23.3. The normalized spacial score (nSPS) is 11.7. The van der Waals surface area contributed by atoms with Crippen LogP contribution in [0, 0.1) is 5.82 Å². The summed E-state index contributed by atoms with van der Waals surface area (Å²) in [6.45, 7) is 0. The number of aromatic hydroxyl groups is 1. The highest BCUT2D eigenvalue weighted by Gasteiger charge is 2.23. The van der Waals surface area contributed by atoms with E-state index in [1.807, 2.05) is 0 Å². The number of rotatable bonds is 4. The molecular formula is C15H12FNO4. The lowest BCUT2D eigenvalue weighted by atomic mass is 10.1. The van der Waals surface area contributed by atoms with Crippen molar-refractivity contribution in [1.82, 2.24) is 5.32 Å². The number of carbonyl (C=O) groups is 2. The Morgan fingerprint density at radius 2 is 1.76 bits per heavy atom. The Kier molecular flexibility index (Phi) is 4.18. The van der Waals surface area contributed by atoms with Gasteiger partial charge in [-0.05, 0) is 17.7 Å². The van der Waals surface area contributed by atoms with Gasteiger partial charge in [-0.15, -0.1) is 0 Å². The van der Waals surface area contributed by atoms with Crippen LogP contribution in [0.3, 0.4) is 0 Å². The molecule has 6 heteroatoms. The van der Waals surface area contributed by atoms with Crippen molar-refractivity contribution in [2.24, 2.45) is 0 Å². The summed E-state index contributed by atoms with van der Waals surface area (Å²) >= 11 is 0. The predicted molar refractivity (Wildman–Crippen MR) is 72.3 cm³/mol. The number of carboxylic acid groups (broad SMARTS) is 1. The number of benzene rings is 2. The van der Waals surface area contributed by atoms with Gasteiger partial charge in [-0.2, -0.15) is 0 Å². The third-order valence-corrected chi connectivity index (χ3v) is 2.86. The van der Waals surface area contributed by atoms with Crippen LogP contribution in [0.2, 0.25) is 0 Å². The van der Waals surface area contributed by atoms with Gasteiger partial charge in [0.05, 0.1) is 5.56 Å². The third kappa shape index (κ3) is 3.36. The smallest absolute Gasteiger partial charge is 0.330 e. The van der Waals surface area contributed by atoms with Crippen LogP contribution in [0.25, 0.3) is 0 Å². The van der Waals surface area contributed by atoms with Crippen molar-refractivity contribution >= 4 is 11.9 Å². The van der Waals surface area contributed by atoms with Gasteiger partial charge in [-0.25, -0.2) is 9.18 Å². The van der Waals surface area contributed by atoms with E-state index in [1.165, 1.54) is 0 Å². The zero-order chi connectivity index (χ0) is 15.4. The predicted octanol–water partition coefficient (Wildman–Crippen LogP) is 2.09. The molecule has 2 aromatic rings. The summed E-state index contributed by atoms with van der Waals surface area (Å²) in [5, 5.41) is 21.0. The maximum Gasteiger partial charge on any atom is 0.330 e. The van der Waals surface area contributed by atoms with Gasteiger partial charge in [0.25, 0.3) is 5.91 Å². The molecule has 5 nitrogen and oxygen atoms in total. The minimum atomic E-state index is -1.26. The van der Waals surface area contributed by atoms with Gasteiger partial charge in [-0.3, -0.25) is 4.79 Å². The van der Waals surface area contributed by atoms with Gasteiger partial charge < -0.3 is 15.5 Å².